The maximum atomic E-state index is 12.0. The first-order valence-corrected chi connectivity index (χ1v) is 5.98. The second-order valence-electron chi connectivity index (χ2n) is 4.35. The number of benzene rings is 1. The number of carbonyl (C=O) groups excluding carboxylic acids is 1. The van der Waals surface area contributed by atoms with E-state index in [0.717, 1.165) is 12.1 Å². The third-order valence-electron chi connectivity index (χ3n) is 2.31. The molecule has 0 heterocycles. The molecular weight excluding hydrogens is 214 g/mol. The maximum Gasteiger partial charge on any atom is 0.322 e. The zero-order valence-corrected chi connectivity index (χ0v) is 10.7. The van der Waals surface area contributed by atoms with E-state index in [1.807, 2.05) is 32.9 Å². The Kier molecular flexibility index (Phi) is 4.82. The van der Waals surface area contributed by atoms with Crippen molar-refractivity contribution in [3.63, 3.8) is 0 Å². The first-order chi connectivity index (χ1) is 8.04. The average Bonchev–Trinajstić information content (AvgIpc) is 2.26. The van der Waals surface area contributed by atoms with Gasteiger partial charge in [0.25, 0.3) is 0 Å². The summed E-state index contributed by atoms with van der Waals surface area (Å²) in [5.74, 6) is 0. The molecule has 0 atom stereocenters. The van der Waals surface area contributed by atoms with Gasteiger partial charge in [0.1, 0.15) is 0 Å². The molecule has 3 N–H and O–H groups in total. The van der Waals surface area contributed by atoms with Crippen molar-refractivity contribution in [2.75, 3.05) is 17.2 Å². The maximum absolute atomic E-state index is 12.0. The van der Waals surface area contributed by atoms with Crippen LogP contribution in [-0.2, 0) is 0 Å². The summed E-state index contributed by atoms with van der Waals surface area (Å²) < 4.78 is 0. The van der Waals surface area contributed by atoms with Crippen LogP contribution in [0, 0.1) is 0 Å². The molecular formula is C13H21N3O. The molecule has 0 radical (unpaired) electrons. The molecule has 4 heteroatoms. The largest absolute Gasteiger partial charge is 0.399 e. The van der Waals surface area contributed by atoms with Crippen LogP contribution in [0.5, 0.6) is 0 Å². The first-order valence-electron chi connectivity index (χ1n) is 5.98. The van der Waals surface area contributed by atoms with Crippen molar-refractivity contribution in [3.05, 3.63) is 24.3 Å². The summed E-state index contributed by atoms with van der Waals surface area (Å²) in [7, 11) is 0. The normalized spacial score (nSPS) is 10.4. The van der Waals surface area contributed by atoms with E-state index in [4.69, 9.17) is 5.73 Å². The van der Waals surface area contributed by atoms with Gasteiger partial charge in [-0.05, 0) is 44.5 Å². The van der Waals surface area contributed by atoms with Gasteiger partial charge in [-0.1, -0.05) is 6.92 Å². The van der Waals surface area contributed by atoms with Crippen LogP contribution in [0.3, 0.4) is 0 Å². The van der Waals surface area contributed by atoms with Crippen LogP contribution in [0.1, 0.15) is 27.2 Å². The molecule has 4 nitrogen and oxygen atoms in total. The standard InChI is InChI=1S/C13H21N3O/c1-4-9-16(13(17)15-10(2)3)12-7-5-11(14)6-8-12/h5-8,10H,4,9,14H2,1-3H3,(H,15,17). The van der Waals surface area contributed by atoms with E-state index >= 15 is 0 Å². The molecule has 1 aromatic rings. The summed E-state index contributed by atoms with van der Waals surface area (Å²) in [6, 6.07) is 7.42. The fourth-order valence-electron chi connectivity index (χ4n) is 1.55. The number of nitrogens with zero attached hydrogens (tertiary/aromatic N) is 1. The van der Waals surface area contributed by atoms with E-state index in [9.17, 15) is 4.79 Å². The van der Waals surface area contributed by atoms with E-state index in [-0.39, 0.29) is 12.1 Å². The van der Waals surface area contributed by atoms with Crippen LogP contribution < -0.4 is 16.0 Å². The van der Waals surface area contributed by atoms with Crippen molar-refractivity contribution < 1.29 is 4.79 Å². The summed E-state index contributed by atoms with van der Waals surface area (Å²) in [6.45, 7) is 6.64. The molecule has 0 aromatic heterocycles. The first kappa shape index (κ1) is 13.4. The van der Waals surface area contributed by atoms with Crippen molar-refractivity contribution >= 4 is 17.4 Å². The minimum Gasteiger partial charge on any atom is -0.399 e. The topological polar surface area (TPSA) is 58.4 Å². The molecule has 1 aromatic carbocycles. The van der Waals surface area contributed by atoms with Gasteiger partial charge in [-0.2, -0.15) is 0 Å². The number of anilines is 2. The molecule has 0 saturated heterocycles. The highest BCUT2D eigenvalue weighted by molar-refractivity contribution is 5.92. The lowest BCUT2D eigenvalue weighted by Crippen LogP contribution is -2.43. The lowest BCUT2D eigenvalue weighted by Gasteiger charge is -2.24. The highest BCUT2D eigenvalue weighted by Gasteiger charge is 2.14. The van der Waals surface area contributed by atoms with Crippen molar-refractivity contribution in [1.82, 2.24) is 5.32 Å². The van der Waals surface area contributed by atoms with Gasteiger partial charge >= 0.3 is 6.03 Å². The molecule has 1 rings (SSSR count). The average molecular weight is 235 g/mol. The van der Waals surface area contributed by atoms with E-state index in [1.165, 1.54) is 0 Å². The quantitative estimate of drug-likeness (QED) is 0.788. The van der Waals surface area contributed by atoms with Gasteiger partial charge in [0, 0.05) is 24.0 Å². The number of carbonyl (C=O) groups is 1. The smallest absolute Gasteiger partial charge is 0.322 e. The van der Waals surface area contributed by atoms with Gasteiger partial charge in [-0.15, -0.1) is 0 Å². The van der Waals surface area contributed by atoms with Gasteiger partial charge in [-0.3, -0.25) is 4.90 Å². The summed E-state index contributed by atoms with van der Waals surface area (Å²) in [4.78, 5) is 13.7. The summed E-state index contributed by atoms with van der Waals surface area (Å²) in [5.41, 5.74) is 7.22. The van der Waals surface area contributed by atoms with Gasteiger partial charge in [-0.25, -0.2) is 4.79 Å². The Bertz CT molecular complexity index is 359. The number of hydrogen-bond donors (Lipinski definition) is 2. The number of nitrogens with one attached hydrogen (secondary N) is 1. The number of amides is 2. The zero-order chi connectivity index (χ0) is 12.8. The molecule has 0 aliphatic carbocycles. The van der Waals surface area contributed by atoms with E-state index in [0.29, 0.717) is 12.2 Å². The van der Waals surface area contributed by atoms with Crippen LogP contribution in [0.15, 0.2) is 24.3 Å². The monoisotopic (exact) mass is 235 g/mol. The predicted molar refractivity (Wildman–Crippen MR) is 72.2 cm³/mol. The molecule has 2 amide bonds. The fourth-order valence-corrected chi connectivity index (χ4v) is 1.55. The summed E-state index contributed by atoms with van der Waals surface area (Å²) >= 11 is 0. The van der Waals surface area contributed by atoms with E-state index in [2.05, 4.69) is 5.32 Å². The van der Waals surface area contributed by atoms with Crippen LogP contribution in [0.4, 0.5) is 16.2 Å². The van der Waals surface area contributed by atoms with Crippen LogP contribution in [0.2, 0.25) is 0 Å². The molecule has 0 fully saturated rings. The molecule has 0 spiro atoms. The van der Waals surface area contributed by atoms with Crippen molar-refractivity contribution in [2.45, 2.75) is 33.2 Å². The zero-order valence-electron chi connectivity index (χ0n) is 10.7. The lowest BCUT2D eigenvalue weighted by molar-refractivity contribution is 0.244. The second-order valence-corrected chi connectivity index (χ2v) is 4.35. The van der Waals surface area contributed by atoms with Crippen molar-refractivity contribution in [2.24, 2.45) is 0 Å². The molecule has 0 bridgehead atoms. The van der Waals surface area contributed by atoms with Gasteiger partial charge < -0.3 is 11.1 Å². The molecule has 0 unspecified atom stereocenters. The minimum absolute atomic E-state index is 0.0633. The Morgan fingerprint density at radius 3 is 2.41 bits per heavy atom. The van der Waals surface area contributed by atoms with Crippen LogP contribution in [0.25, 0.3) is 0 Å². The van der Waals surface area contributed by atoms with E-state index in [1.54, 1.807) is 17.0 Å². The minimum atomic E-state index is -0.0633. The lowest BCUT2D eigenvalue weighted by atomic mass is 10.2. The van der Waals surface area contributed by atoms with Crippen molar-refractivity contribution in [1.29, 1.82) is 0 Å². The van der Waals surface area contributed by atoms with Crippen molar-refractivity contribution in [3.8, 4) is 0 Å². The molecule has 0 aliphatic heterocycles. The summed E-state index contributed by atoms with van der Waals surface area (Å²) in [5, 5.41) is 2.90. The Morgan fingerprint density at radius 2 is 1.94 bits per heavy atom. The molecule has 17 heavy (non-hydrogen) atoms. The Labute approximate surface area is 103 Å². The fraction of sp³-hybridized carbons (Fsp3) is 0.462. The Balaban J connectivity index is 2.84. The number of nitrogen functional groups attached to an aromatic ring is 1. The van der Waals surface area contributed by atoms with Gasteiger partial charge in [0.15, 0.2) is 0 Å². The number of rotatable bonds is 4. The van der Waals surface area contributed by atoms with Crippen LogP contribution >= 0.6 is 0 Å². The molecule has 0 aliphatic rings. The van der Waals surface area contributed by atoms with Gasteiger partial charge in [0.2, 0.25) is 0 Å². The highest BCUT2D eigenvalue weighted by atomic mass is 16.2. The van der Waals surface area contributed by atoms with Crippen LogP contribution in [-0.4, -0.2) is 18.6 Å². The third-order valence-corrected chi connectivity index (χ3v) is 2.31. The Hall–Kier alpha value is -1.71. The number of hydrogen-bond acceptors (Lipinski definition) is 2. The molecule has 0 saturated carbocycles. The third kappa shape index (κ3) is 3.98. The highest BCUT2D eigenvalue weighted by Crippen LogP contribution is 2.16. The SMILES string of the molecule is CCCN(C(=O)NC(C)C)c1ccc(N)cc1. The summed E-state index contributed by atoms with van der Waals surface area (Å²) in [6.07, 6.45) is 0.913. The Morgan fingerprint density at radius 1 is 1.35 bits per heavy atom. The molecule has 94 valence electrons. The second kappa shape index (κ2) is 6.13. The predicted octanol–water partition coefficient (Wildman–Crippen LogP) is 2.60. The van der Waals surface area contributed by atoms with E-state index < -0.39 is 0 Å². The van der Waals surface area contributed by atoms with Gasteiger partial charge in [0.05, 0.1) is 0 Å². The number of urea groups is 1. The number of nitrogens with two attached hydrogens (primary N) is 1.